The molecule has 9 heteroatoms. The van der Waals surface area contributed by atoms with E-state index in [1.54, 1.807) is 64.8 Å². The highest BCUT2D eigenvalue weighted by Gasteiger charge is 2.31. The summed E-state index contributed by atoms with van der Waals surface area (Å²) in [6.45, 7) is 2.34. The molecule has 6 aromatic rings. The van der Waals surface area contributed by atoms with Crippen molar-refractivity contribution in [1.82, 2.24) is 0 Å². The van der Waals surface area contributed by atoms with Gasteiger partial charge in [0.2, 0.25) is 0 Å². The van der Waals surface area contributed by atoms with Gasteiger partial charge in [-0.15, -0.1) is 37.9 Å². The second-order valence-corrected chi connectivity index (χ2v) is 19.1. The molecule has 0 aliphatic carbocycles. The lowest BCUT2D eigenvalue weighted by Crippen LogP contribution is -2.25. The van der Waals surface area contributed by atoms with Crippen molar-refractivity contribution >= 4 is 103 Å². The molecule has 0 aromatic heterocycles. The lowest BCUT2D eigenvalue weighted by Gasteiger charge is -2.32. The van der Waals surface area contributed by atoms with Crippen LogP contribution in [0.5, 0.6) is 0 Å². The zero-order valence-corrected chi connectivity index (χ0v) is 32.7. The summed E-state index contributed by atoms with van der Waals surface area (Å²) < 4.78 is 0. The lowest BCUT2D eigenvalue weighted by atomic mass is 9.71. The summed E-state index contributed by atoms with van der Waals surface area (Å²) in [5.74, 6) is 0. The Kier molecular flexibility index (Phi) is 12.7. The van der Waals surface area contributed by atoms with Gasteiger partial charge in [0.1, 0.15) is 0 Å². The Balaban J connectivity index is 1.23. The molecule has 0 spiro atoms. The first kappa shape index (κ1) is 35.3. The molecule has 0 amide bonds. The molecule has 0 N–H and O–H groups in total. The zero-order chi connectivity index (χ0) is 32.6. The number of rotatable bonds is 12. The van der Waals surface area contributed by atoms with Gasteiger partial charge in [-0.05, 0) is 133 Å². The third kappa shape index (κ3) is 9.59. The Morgan fingerprint density at radius 3 is 0.660 bits per heavy atom. The van der Waals surface area contributed by atoms with Crippen molar-refractivity contribution in [2.45, 2.75) is 56.4 Å². The van der Waals surface area contributed by atoms with Crippen LogP contribution in [0.1, 0.15) is 23.6 Å². The number of thiol groups is 3. The maximum Gasteiger partial charge on any atom is 0.0423 e. The molecule has 0 saturated heterocycles. The number of benzene rings is 6. The van der Waals surface area contributed by atoms with Gasteiger partial charge in [-0.25, -0.2) is 0 Å². The van der Waals surface area contributed by atoms with Crippen molar-refractivity contribution in [3.05, 3.63) is 162 Å². The van der Waals surface area contributed by atoms with E-state index in [1.165, 1.54) is 46.1 Å². The van der Waals surface area contributed by atoms with Crippen LogP contribution < -0.4 is 0 Å². The normalized spacial score (nSPS) is 11.5. The summed E-state index contributed by atoms with van der Waals surface area (Å²) in [5.41, 5.74) is 3.44. The monoisotopic (exact) mass is 774 g/mol. The first-order valence-corrected chi connectivity index (χ1v) is 22.4. The summed E-state index contributed by atoms with van der Waals surface area (Å²) in [6, 6.07) is 52.0. The Morgan fingerprint density at radius 1 is 0.298 bits per heavy atom. The van der Waals surface area contributed by atoms with E-state index >= 15 is 0 Å². The summed E-state index contributed by atoms with van der Waals surface area (Å²) >= 11 is 13.2. The molecule has 0 fully saturated rings. The third-order valence-electron chi connectivity index (χ3n) is 7.51. The van der Waals surface area contributed by atoms with Crippen LogP contribution >= 0.6 is 103 Å². The number of hydrogen-bond acceptors (Lipinski definition) is 9. The molecule has 0 aliphatic heterocycles. The van der Waals surface area contributed by atoms with Crippen LogP contribution in [0.25, 0.3) is 0 Å². The maximum atomic E-state index is 4.41. The molecule has 236 valence electrons. The standard InChI is InChI=1S/C38H30S9/c1-38(26-2-14-32(15-3-26)42-45-35-20-8-29(39)9-21-35,27-4-16-33(17-5-27)43-46-36-22-10-30(40)11-23-36)28-6-18-34(19-7-28)44-47-37-24-12-31(41)13-25-37/h2-25,39-41H,1H3. The molecule has 0 nitrogen and oxygen atoms in total. The van der Waals surface area contributed by atoms with Crippen LogP contribution in [-0.2, 0) is 5.41 Å². The smallest absolute Gasteiger partial charge is 0.0423 e. The van der Waals surface area contributed by atoms with Gasteiger partial charge in [0.25, 0.3) is 0 Å². The van der Waals surface area contributed by atoms with Crippen molar-refractivity contribution in [3.63, 3.8) is 0 Å². The predicted octanol–water partition coefficient (Wildman–Crippen LogP) is 14.3. The minimum Gasteiger partial charge on any atom is -0.143 e. The molecular weight excluding hydrogens is 745 g/mol. The van der Waals surface area contributed by atoms with E-state index in [0.717, 1.165) is 14.7 Å². The first-order chi connectivity index (χ1) is 22.8. The molecular formula is C38H30S9. The SMILES string of the molecule is CC(c1ccc(SSc2ccc(S)cc2)cc1)(c1ccc(SSc2ccc(S)cc2)cc1)c1ccc(SSc2ccc(S)cc2)cc1. The minimum absolute atomic E-state index is 0.337. The summed E-state index contributed by atoms with van der Waals surface area (Å²) in [4.78, 5) is 10.2. The summed E-state index contributed by atoms with van der Waals surface area (Å²) in [5, 5.41) is 0. The molecule has 0 saturated carbocycles. The average molecular weight is 775 g/mol. The van der Waals surface area contributed by atoms with Crippen LogP contribution in [-0.4, -0.2) is 0 Å². The fourth-order valence-electron chi connectivity index (χ4n) is 4.83. The highest BCUT2D eigenvalue weighted by molar-refractivity contribution is 8.77. The average Bonchev–Trinajstić information content (AvgIpc) is 3.11. The maximum absolute atomic E-state index is 4.41. The topological polar surface area (TPSA) is 0 Å². The number of hydrogen-bond donors (Lipinski definition) is 3. The first-order valence-electron chi connectivity index (χ1n) is 14.6. The Bertz CT molecular complexity index is 1650. The summed E-state index contributed by atoms with van der Waals surface area (Å²) in [6.07, 6.45) is 0. The van der Waals surface area contributed by atoms with Gasteiger partial charge < -0.3 is 0 Å². The highest BCUT2D eigenvalue weighted by Crippen LogP contribution is 2.45. The van der Waals surface area contributed by atoms with E-state index in [2.05, 4.69) is 154 Å². The molecule has 6 rings (SSSR count). The predicted molar refractivity (Wildman–Crippen MR) is 221 cm³/mol. The van der Waals surface area contributed by atoms with Crippen molar-refractivity contribution in [3.8, 4) is 0 Å². The van der Waals surface area contributed by atoms with Crippen molar-refractivity contribution < 1.29 is 0 Å². The second kappa shape index (κ2) is 16.9. The van der Waals surface area contributed by atoms with Crippen LogP contribution in [0.2, 0.25) is 0 Å². The minimum atomic E-state index is -0.337. The van der Waals surface area contributed by atoms with E-state index in [1.807, 2.05) is 36.4 Å². The lowest BCUT2D eigenvalue weighted by molar-refractivity contribution is 0.690. The third-order valence-corrected chi connectivity index (χ3v) is 15.7. The van der Waals surface area contributed by atoms with E-state index in [4.69, 9.17) is 0 Å². The van der Waals surface area contributed by atoms with Crippen LogP contribution in [0.4, 0.5) is 0 Å². The van der Waals surface area contributed by atoms with Crippen molar-refractivity contribution in [2.24, 2.45) is 0 Å². The Hall–Kier alpha value is -1.53. The molecule has 0 bridgehead atoms. The van der Waals surface area contributed by atoms with Gasteiger partial charge in [-0.2, -0.15) is 0 Å². The molecule has 6 aromatic carbocycles. The van der Waals surface area contributed by atoms with E-state index in [-0.39, 0.29) is 5.41 Å². The highest BCUT2D eigenvalue weighted by atomic mass is 33.1. The molecule has 0 atom stereocenters. The van der Waals surface area contributed by atoms with Crippen molar-refractivity contribution in [1.29, 1.82) is 0 Å². The summed E-state index contributed by atoms with van der Waals surface area (Å²) in [7, 11) is 10.6. The fraction of sp³-hybridized carbons (Fsp3) is 0.0526. The van der Waals surface area contributed by atoms with Gasteiger partial charge in [0.15, 0.2) is 0 Å². The van der Waals surface area contributed by atoms with Gasteiger partial charge in [-0.1, -0.05) is 101 Å². The van der Waals surface area contributed by atoms with E-state index in [0.29, 0.717) is 0 Å². The van der Waals surface area contributed by atoms with E-state index in [9.17, 15) is 0 Å². The van der Waals surface area contributed by atoms with Crippen LogP contribution in [0, 0.1) is 0 Å². The largest absolute Gasteiger partial charge is 0.143 e. The van der Waals surface area contributed by atoms with Crippen LogP contribution in [0.15, 0.2) is 190 Å². The van der Waals surface area contributed by atoms with E-state index < -0.39 is 0 Å². The van der Waals surface area contributed by atoms with Crippen molar-refractivity contribution in [2.75, 3.05) is 0 Å². The molecule has 0 aliphatic rings. The quantitative estimate of drug-likeness (QED) is 0.0639. The molecule has 0 heterocycles. The second-order valence-electron chi connectivity index (χ2n) is 10.7. The fourth-order valence-corrected chi connectivity index (χ4v) is 11.1. The Labute approximate surface area is 318 Å². The van der Waals surface area contributed by atoms with Gasteiger partial charge in [0.05, 0.1) is 0 Å². The van der Waals surface area contributed by atoms with Gasteiger partial charge in [0, 0.05) is 49.5 Å². The molecule has 47 heavy (non-hydrogen) atoms. The Morgan fingerprint density at radius 2 is 0.468 bits per heavy atom. The van der Waals surface area contributed by atoms with Gasteiger partial charge in [-0.3, -0.25) is 0 Å². The van der Waals surface area contributed by atoms with Crippen LogP contribution in [0.3, 0.4) is 0 Å². The molecule has 0 radical (unpaired) electrons. The zero-order valence-electron chi connectivity index (χ0n) is 25.1. The van der Waals surface area contributed by atoms with Gasteiger partial charge >= 0.3 is 0 Å². The molecule has 0 unspecified atom stereocenters.